The molecule has 0 bridgehead atoms. The summed E-state index contributed by atoms with van der Waals surface area (Å²) >= 11 is 0. The lowest BCUT2D eigenvalue weighted by atomic mass is 10.2. The van der Waals surface area contributed by atoms with Crippen molar-refractivity contribution in [3.63, 3.8) is 0 Å². The first-order valence-corrected chi connectivity index (χ1v) is 19.5. The standard InChI is InChI=1S/C34H46O4Si2/c1-6-33(36-24-25-37-34(35)29(4)5)40(27-31-20-14-10-15-21-31,28-32-22-16-11-17-23-32)38-39(7-2,8-3)26-30-18-12-9-13-19-30/h9-23,33H,4,6-8,24-28H2,1-3,5H3. The molecule has 3 rings (SSSR count). The van der Waals surface area contributed by atoms with Gasteiger partial charge < -0.3 is 13.6 Å². The number of ether oxygens (including phenoxy) is 2. The van der Waals surface area contributed by atoms with Gasteiger partial charge in [-0.3, -0.25) is 0 Å². The maximum Gasteiger partial charge on any atom is 0.333 e. The zero-order chi connectivity index (χ0) is 28.8. The van der Waals surface area contributed by atoms with Gasteiger partial charge in [-0.15, -0.1) is 0 Å². The first-order chi connectivity index (χ1) is 19.3. The van der Waals surface area contributed by atoms with Crippen LogP contribution in [0.1, 0.15) is 50.8 Å². The van der Waals surface area contributed by atoms with Crippen LogP contribution in [-0.2, 0) is 36.5 Å². The van der Waals surface area contributed by atoms with Gasteiger partial charge in [-0.05, 0) is 60.3 Å². The molecule has 3 aromatic rings. The van der Waals surface area contributed by atoms with Crippen LogP contribution in [0.2, 0.25) is 12.1 Å². The topological polar surface area (TPSA) is 44.8 Å². The fourth-order valence-corrected chi connectivity index (χ4v) is 17.1. The SMILES string of the molecule is C=C(C)C(=O)OCCOC(CC)[Si](Cc1ccccc1)(Cc1ccccc1)O[Si](CC)(CC)Cc1ccccc1. The predicted molar refractivity (Wildman–Crippen MR) is 170 cm³/mol. The van der Waals surface area contributed by atoms with Gasteiger partial charge in [0.15, 0.2) is 8.32 Å². The molecule has 0 radical (unpaired) electrons. The Hall–Kier alpha value is -2.78. The van der Waals surface area contributed by atoms with E-state index in [2.05, 4.69) is 118 Å². The van der Waals surface area contributed by atoms with E-state index >= 15 is 0 Å². The van der Waals surface area contributed by atoms with Gasteiger partial charge in [-0.2, -0.15) is 0 Å². The predicted octanol–water partition coefficient (Wildman–Crippen LogP) is 7.73. The van der Waals surface area contributed by atoms with E-state index in [4.69, 9.17) is 13.6 Å². The highest BCUT2D eigenvalue weighted by molar-refractivity contribution is 6.87. The van der Waals surface area contributed by atoms with Crippen LogP contribution in [0.15, 0.2) is 103 Å². The summed E-state index contributed by atoms with van der Waals surface area (Å²) in [6, 6.07) is 37.1. The molecule has 3 aromatic carbocycles. The number of benzene rings is 3. The van der Waals surface area contributed by atoms with Crippen molar-refractivity contribution in [2.45, 2.75) is 70.1 Å². The van der Waals surface area contributed by atoms with Gasteiger partial charge in [0.05, 0.1) is 12.3 Å². The fourth-order valence-electron chi connectivity index (χ4n) is 5.48. The quantitative estimate of drug-likeness (QED) is 0.0716. The van der Waals surface area contributed by atoms with Crippen molar-refractivity contribution in [1.29, 1.82) is 0 Å². The molecule has 214 valence electrons. The first-order valence-electron chi connectivity index (χ1n) is 14.6. The molecule has 40 heavy (non-hydrogen) atoms. The highest BCUT2D eigenvalue weighted by Gasteiger charge is 2.49. The highest BCUT2D eigenvalue weighted by Crippen LogP contribution is 2.34. The third-order valence-electron chi connectivity index (χ3n) is 7.71. The van der Waals surface area contributed by atoms with E-state index in [-0.39, 0.29) is 18.3 Å². The second-order valence-electron chi connectivity index (χ2n) is 10.7. The summed E-state index contributed by atoms with van der Waals surface area (Å²) in [6.45, 7) is 12.7. The van der Waals surface area contributed by atoms with E-state index in [1.165, 1.54) is 16.7 Å². The monoisotopic (exact) mass is 574 g/mol. The Balaban J connectivity index is 2.04. The second-order valence-corrected chi connectivity index (χ2v) is 19.2. The van der Waals surface area contributed by atoms with Crippen molar-refractivity contribution >= 4 is 22.6 Å². The van der Waals surface area contributed by atoms with Crippen LogP contribution >= 0.6 is 0 Å². The molecule has 0 aliphatic rings. The molecule has 0 saturated carbocycles. The molecule has 0 saturated heterocycles. The number of carbonyl (C=O) groups excluding carboxylic acids is 1. The summed E-state index contributed by atoms with van der Waals surface area (Å²) in [5.74, 6) is -0.378. The van der Waals surface area contributed by atoms with E-state index in [9.17, 15) is 4.79 Å². The second kappa shape index (κ2) is 15.9. The summed E-state index contributed by atoms with van der Waals surface area (Å²) in [6.07, 6.45) is 0.837. The molecule has 0 heterocycles. The van der Waals surface area contributed by atoms with Crippen LogP contribution in [0.4, 0.5) is 0 Å². The molecular weight excluding hydrogens is 529 g/mol. The molecule has 0 amide bonds. The third kappa shape index (κ3) is 9.13. The maximum atomic E-state index is 12.0. The summed E-state index contributed by atoms with van der Waals surface area (Å²) < 4.78 is 19.9. The zero-order valence-electron chi connectivity index (χ0n) is 24.7. The zero-order valence-corrected chi connectivity index (χ0v) is 26.7. The van der Waals surface area contributed by atoms with Crippen LogP contribution in [0.5, 0.6) is 0 Å². The fraction of sp³-hybridized carbons (Fsp3) is 0.382. The van der Waals surface area contributed by atoms with Gasteiger partial charge in [0.2, 0.25) is 8.32 Å². The molecule has 1 atom stereocenters. The molecule has 0 N–H and O–H groups in total. The minimum atomic E-state index is -2.66. The molecule has 0 aliphatic carbocycles. The van der Waals surface area contributed by atoms with Crippen LogP contribution in [0.25, 0.3) is 0 Å². The first kappa shape index (κ1) is 31.7. The summed E-state index contributed by atoms with van der Waals surface area (Å²) in [7, 11) is -4.86. The Kier molecular flexibility index (Phi) is 12.6. The Morgan fingerprint density at radius 3 is 1.57 bits per heavy atom. The van der Waals surface area contributed by atoms with Gasteiger partial charge in [0.25, 0.3) is 0 Å². The van der Waals surface area contributed by atoms with Gasteiger partial charge in [0.1, 0.15) is 6.61 Å². The minimum absolute atomic E-state index is 0.0582. The Morgan fingerprint density at radius 2 is 1.18 bits per heavy atom. The number of hydrogen-bond acceptors (Lipinski definition) is 4. The van der Waals surface area contributed by atoms with Gasteiger partial charge in [0, 0.05) is 5.57 Å². The highest BCUT2D eigenvalue weighted by atomic mass is 28.4. The molecule has 4 nitrogen and oxygen atoms in total. The average Bonchev–Trinajstić information content (AvgIpc) is 2.98. The van der Waals surface area contributed by atoms with E-state index in [1.807, 2.05) is 0 Å². The lowest BCUT2D eigenvalue weighted by molar-refractivity contribution is -0.140. The molecular formula is C34H46O4Si2. The maximum absolute atomic E-state index is 12.0. The lowest BCUT2D eigenvalue weighted by Gasteiger charge is -2.46. The van der Waals surface area contributed by atoms with E-state index in [0.29, 0.717) is 12.2 Å². The largest absolute Gasteiger partial charge is 0.460 e. The average molecular weight is 575 g/mol. The molecule has 6 heteroatoms. The molecule has 0 aliphatic heterocycles. The van der Waals surface area contributed by atoms with Gasteiger partial charge in [-0.1, -0.05) is 118 Å². The summed E-state index contributed by atoms with van der Waals surface area (Å²) in [5, 5.41) is 0. The van der Waals surface area contributed by atoms with Crippen molar-refractivity contribution in [3.05, 3.63) is 120 Å². The molecule has 1 unspecified atom stereocenters. The van der Waals surface area contributed by atoms with Crippen molar-refractivity contribution in [3.8, 4) is 0 Å². The third-order valence-corrected chi connectivity index (χ3v) is 18.5. The lowest BCUT2D eigenvalue weighted by Crippen LogP contribution is -2.63. The molecule has 0 spiro atoms. The van der Waals surface area contributed by atoms with Crippen molar-refractivity contribution < 1.29 is 18.4 Å². The Labute approximate surface area is 243 Å². The van der Waals surface area contributed by atoms with Crippen LogP contribution in [0, 0.1) is 0 Å². The smallest absolute Gasteiger partial charge is 0.333 e. The number of hydrogen-bond donors (Lipinski definition) is 0. The van der Waals surface area contributed by atoms with E-state index in [0.717, 1.165) is 36.6 Å². The van der Waals surface area contributed by atoms with Crippen molar-refractivity contribution in [2.75, 3.05) is 13.2 Å². The van der Waals surface area contributed by atoms with Crippen LogP contribution < -0.4 is 0 Å². The molecule has 0 aromatic heterocycles. The number of esters is 1. The number of rotatable bonds is 17. The summed E-state index contributed by atoms with van der Waals surface area (Å²) in [5.41, 5.74) is 4.26. The van der Waals surface area contributed by atoms with Gasteiger partial charge in [-0.25, -0.2) is 4.79 Å². The van der Waals surface area contributed by atoms with Crippen LogP contribution in [-0.4, -0.2) is 41.5 Å². The van der Waals surface area contributed by atoms with Crippen LogP contribution in [0.3, 0.4) is 0 Å². The van der Waals surface area contributed by atoms with E-state index < -0.39 is 16.6 Å². The summed E-state index contributed by atoms with van der Waals surface area (Å²) in [4.78, 5) is 12.0. The van der Waals surface area contributed by atoms with Crippen molar-refractivity contribution in [1.82, 2.24) is 0 Å². The van der Waals surface area contributed by atoms with E-state index in [1.54, 1.807) is 6.92 Å². The number of carbonyl (C=O) groups is 1. The normalized spacial score (nSPS) is 12.6. The Morgan fingerprint density at radius 1 is 0.725 bits per heavy atom. The Bertz CT molecular complexity index is 1120. The molecule has 0 fully saturated rings. The van der Waals surface area contributed by atoms with Gasteiger partial charge >= 0.3 is 5.97 Å². The van der Waals surface area contributed by atoms with Crippen molar-refractivity contribution in [2.24, 2.45) is 0 Å². The minimum Gasteiger partial charge on any atom is -0.460 e.